The average molecular weight is 500 g/mol. The first kappa shape index (κ1) is 24.6. The normalized spacial score (nSPS) is 17.9. The number of rotatable bonds is 7. The quantitative estimate of drug-likeness (QED) is 0.460. The number of carbonyl (C=O) groups is 2. The Morgan fingerprint density at radius 1 is 1.05 bits per heavy atom. The number of hydrogen-bond donors (Lipinski definition) is 2. The van der Waals surface area contributed by atoms with Crippen molar-refractivity contribution in [3.8, 4) is 22.8 Å². The van der Waals surface area contributed by atoms with Crippen molar-refractivity contribution in [2.24, 2.45) is 11.7 Å². The van der Waals surface area contributed by atoms with E-state index in [-0.39, 0.29) is 11.8 Å². The molecule has 2 aliphatic heterocycles. The van der Waals surface area contributed by atoms with Gasteiger partial charge in [0, 0.05) is 31.1 Å². The van der Waals surface area contributed by atoms with E-state index in [9.17, 15) is 9.59 Å². The molecule has 2 aromatic carbocycles. The number of allylic oxidation sites excluding steroid dienone is 1. The number of nitrogens with zero attached hydrogens (tertiary/aromatic N) is 3. The van der Waals surface area contributed by atoms with Crippen molar-refractivity contribution in [1.82, 2.24) is 14.6 Å². The smallest absolute Gasteiger partial charge is 0.269 e. The molecule has 8 nitrogen and oxygen atoms in total. The maximum atomic E-state index is 12.6. The highest BCUT2D eigenvalue weighted by atomic mass is 16.5. The molecule has 1 atom stereocenters. The number of ether oxygens (including phenoxy) is 1. The minimum atomic E-state index is -0.519. The van der Waals surface area contributed by atoms with Gasteiger partial charge in [-0.15, -0.1) is 0 Å². The summed E-state index contributed by atoms with van der Waals surface area (Å²) in [5, 5.41) is 0. The molecule has 1 aromatic heterocycles. The first-order valence-corrected chi connectivity index (χ1v) is 13.0. The molecule has 0 spiro atoms. The molecule has 1 saturated heterocycles. The Hall–Kier alpha value is -4.07. The first-order chi connectivity index (χ1) is 18.0. The third-order valence-corrected chi connectivity index (χ3v) is 7.22. The van der Waals surface area contributed by atoms with Gasteiger partial charge in [0.2, 0.25) is 5.91 Å². The zero-order valence-electron chi connectivity index (χ0n) is 21.1. The molecule has 3 aromatic rings. The number of fused-ring (bicyclic) bond motifs is 1. The van der Waals surface area contributed by atoms with Crippen LogP contribution in [0.3, 0.4) is 0 Å². The van der Waals surface area contributed by atoms with Gasteiger partial charge >= 0.3 is 0 Å². The van der Waals surface area contributed by atoms with Crippen molar-refractivity contribution in [1.29, 1.82) is 0 Å². The molecule has 192 valence electrons. The number of likely N-dealkylation sites (tertiary alicyclic amines) is 1. The fraction of sp³-hybridized carbons (Fsp3) is 0.345. The summed E-state index contributed by atoms with van der Waals surface area (Å²) in [6.07, 6.45) is 7.19. The van der Waals surface area contributed by atoms with E-state index in [4.69, 9.17) is 15.5 Å². The van der Waals surface area contributed by atoms with Gasteiger partial charge in [0.25, 0.3) is 5.91 Å². The van der Waals surface area contributed by atoms with Crippen molar-refractivity contribution in [3.63, 3.8) is 0 Å². The van der Waals surface area contributed by atoms with Gasteiger partial charge in [0.15, 0.2) is 5.69 Å². The number of nitrogens with one attached hydrogen (secondary N) is 1. The van der Waals surface area contributed by atoms with Gasteiger partial charge in [-0.25, -0.2) is 9.66 Å². The number of primary amides is 1. The van der Waals surface area contributed by atoms with Gasteiger partial charge in [0.1, 0.15) is 23.0 Å². The summed E-state index contributed by atoms with van der Waals surface area (Å²) in [4.78, 5) is 31.9. The van der Waals surface area contributed by atoms with E-state index in [1.807, 2.05) is 72.5 Å². The van der Waals surface area contributed by atoms with Crippen LogP contribution in [-0.4, -0.2) is 46.0 Å². The highest BCUT2D eigenvalue weighted by Gasteiger charge is 2.36. The summed E-state index contributed by atoms with van der Waals surface area (Å²) in [5.41, 5.74) is 10.9. The maximum Gasteiger partial charge on any atom is 0.269 e. The lowest BCUT2D eigenvalue weighted by Gasteiger charge is -2.37. The van der Waals surface area contributed by atoms with Crippen molar-refractivity contribution < 1.29 is 14.3 Å². The lowest BCUT2D eigenvalue weighted by atomic mass is 9.81. The topological polar surface area (TPSA) is 102 Å². The second kappa shape index (κ2) is 10.9. The molecular formula is C29H33N5O3. The molecule has 3 heterocycles. The molecule has 1 unspecified atom stereocenters. The van der Waals surface area contributed by atoms with Crippen molar-refractivity contribution >= 4 is 11.8 Å². The van der Waals surface area contributed by atoms with Crippen LogP contribution in [0.25, 0.3) is 11.3 Å². The van der Waals surface area contributed by atoms with Crippen LogP contribution in [0.1, 0.15) is 54.8 Å². The van der Waals surface area contributed by atoms with E-state index in [1.165, 1.54) is 0 Å². The molecule has 0 aliphatic carbocycles. The van der Waals surface area contributed by atoms with Gasteiger partial charge in [0.05, 0.1) is 0 Å². The van der Waals surface area contributed by atoms with Gasteiger partial charge < -0.3 is 20.8 Å². The number of carbonyl (C=O) groups excluding carboxylic acids is 2. The number of aromatic nitrogens is 2. The van der Waals surface area contributed by atoms with Gasteiger partial charge in [-0.05, 0) is 74.1 Å². The first-order valence-electron chi connectivity index (χ1n) is 13.0. The van der Waals surface area contributed by atoms with Gasteiger partial charge in [-0.2, -0.15) is 0 Å². The van der Waals surface area contributed by atoms with Crippen LogP contribution in [-0.2, 0) is 4.79 Å². The summed E-state index contributed by atoms with van der Waals surface area (Å²) < 4.78 is 7.70. The Kier molecular flexibility index (Phi) is 7.25. The number of para-hydroxylation sites is 1. The molecule has 2 amide bonds. The SMILES string of the molecule is CCC=CC(=O)N1CCC(C2CCNn3c2nc(-c2ccc(Oc4ccccc4)cc2)c3C(N)=O)CC1. The third-order valence-electron chi connectivity index (χ3n) is 7.22. The number of piperidine rings is 1. The molecular weight excluding hydrogens is 466 g/mol. The Labute approximate surface area is 217 Å². The molecule has 1 fully saturated rings. The second-order valence-corrected chi connectivity index (χ2v) is 9.58. The standard InChI is InChI=1S/C29H33N5O3/c1-2-3-9-25(35)33-18-15-20(16-19-33)24-14-17-31-34-27(28(30)36)26(32-29(24)34)21-10-12-23(13-11-21)37-22-7-5-4-6-8-22/h3-13,20,24,31H,2,14-19H2,1H3,(H2,30,36). The van der Waals surface area contributed by atoms with E-state index in [0.29, 0.717) is 23.1 Å². The molecule has 8 heteroatoms. The van der Waals surface area contributed by atoms with E-state index in [1.54, 1.807) is 10.8 Å². The third kappa shape index (κ3) is 5.23. The van der Waals surface area contributed by atoms with Crippen LogP contribution in [0, 0.1) is 5.92 Å². The summed E-state index contributed by atoms with van der Waals surface area (Å²) in [5.74, 6) is 2.45. The number of imidazole rings is 1. The molecule has 0 saturated carbocycles. The highest BCUT2D eigenvalue weighted by Crippen LogP contribution is 2.39. The molecule has 37 heavy (non-hydrogen) atoms. The highest BCUT2D eigenvalue weighted by molar-refractivity contribution is 5.97. The Morgan fingerprint density at radius 3 is 2.43 bits per heavy atom. The van der Waals surface area contributed by atoms with Crippen LogP contribution < -0.4 is 15.9 Å². The van der Waals surface area contributed by atoms with E-state index in [2.05, 4.69) is 5.43 Å². The van der Waals surface area contributed by atoms with Crippen molar-refractivity contribution in [2.75, 3.05) is 25.1 Å². The van der Waals surface area contributed by atoms with Crippen molar-refractivity contribution in [2.45, 2.75) is 38.5 Å². The minimum Gasteiger partial charge on any atom is -0.457 e. The zero-order valence-corrected chi connectivity index (χ0v) is 21.1. The van der Waals surface area contributed by atoms with Crippen LogP contribution in [0.2, 0.25) is 0 Å². The lowest BCUT2D eigenvalue weighted by Crippen LogP contribution is -2.41. The Balaban J connectivity index is 1.37. The van der Waals surface area contributed by atoms with Crippen LogP contribution in [0.15, 0.2) is 66.7 Å². The van der Waals surface area contributed by atoms with Crippen molar-refractivity contribution in [3.05, 3.63) is 78.3 Å². The maximum absolute atomic E-state index is 12.6. The Bertz CT molecular complexity index is 1270. The average Bonchev–Trinajstić information content (AvgIpc) is 3.33. The fourth-order valence-electron chi connectivity index (χ4n) is 5.33. The summed E-state index contributed by atoms with van der Waals surface area (Å²) in [6.45, 7) is 4.23. The summed E-state index contributed by atoms with van der Waals surface area (Å²) in [7, 11) is 0. The summed E-state index contributed by atoms with van der Waals surface area (Å²) in [6, 6.07) is 17.1. The molecule has 0 radical (unpaired) electrons. The van der Waals surface area contributed by atoms with Crippen LogP contribution in [0.4, 0.5) is 0 Å². The molecule has 5 rings (SSSR count). The molecule has 2 aliphatic rings. The molecule has 3 N–H and O–H groups in total. The van der Waals surface area contributed by atoms with E-state index < -0.39 is 5.91 Å². The predicted octanol–water partition coefficient (Wildman–Crippen LogP) is 4.68. The molecule has 0 bridgehead atoms. The largest absolute Gasteiger partial charge is 0.457 e. The summed E-state index contributed by atoms with van der Waals surface area (Å²) >= 11 is 0. The number of nitrogens with two attached hydrogens (primary N) is 1. The second-order valence-electron chi connectivity index (χ2n) is 9.58. The number of amides is 2. The fourth-order valence-corrected chi connectivity index (χ4v) is 5.33. The Morgan fingerprint density at radius 2 is 1.76 bits per heavy atom. The predicted molar refractivity (Wildman–Crippen MR) is 143 cm³/mol. The van der Waals surface area contributed by atoms with Gasteiger partial charge in [-0.1, -0.05) is 31.2 Å². The van der Waals surface area contributed by atoms with Crippen LogP contribution in [0.5, 0.6) is 11.5 Å². The number of benzene rings is 2. The zero-order chi connectivity index (χ0) is 25.8. The lowest BCUT2D eigenvalue weighted by molar-refractivity contribution is -0.127. The van der Waals surface area contributed by atoms with Crippen LogP contribution >= 0.6 is 0 Å². The minimum absolute atomic E-state index is 0.0881. The van der Waals surface area contributed by atoms with E-state index >= 15 is 0 Å². The monoisotopic (exact) mass is 499 g/mol. The number of hydrogen-bond acceptors (Lipinski definition) is 5. The van der Waals surface area contributed by atoms with Gasteiger partial charge in [-0.3, -0.25) is 9.59 Å². The van der Waals surface area contributed by atoms with E-state index in [0.717, 1.165) is 62.5 Å².